The van der Waals surface area contributed by atoms with Gasteiger partial charge in [-0.2, -0.15) is 0 Å². The molecule has 1 saturated heterocycles. The summed E-state index contributed by atoms with van der Waals surface area (Å²) in [5.41, 5.74) is 0. The second-order valence-electron chi connectivity index (χ2n) is 6.87. The van der Waals surface area contributed by atoms with Crippen LogP contribution in [0.25, 0.3) is 0 Å². The van der Waals surface area contributed by atoms with Crippen LogP contribution in [-0.2, 0) is 24.3 Å². The van der Waals surface area contributed by atoms with Crippen molar-refractivity contribution < 1.29 is 27.4 Å². The number of methoxy groups -OCH3 is 1. The second kappa shape index (κ2) is 8.83. The summed E-state index contributed by atoms with van der Waals surface area (Å²) in [6.07, 6.45) is 1.66. The smallest absolute Gasteiger partial charge is 0.292 e. The first-order valence-corrected chi connectivity index (χ1v) is 10.8. The lowest BCUT2D eigenvalue weighted by Crippen LogP contribution is -2.45. The predicted molar refractivity (Wildman–Crippen MR) is 102 cm³/mol. The van der Waals surface area contributed by atoms with E-state index in [9.17, 15) is 13.2 Å². The fourth-order valence-corrected chi connectivity index (χ4v) is 4.46. The van der Waals surface area contributed by atoms with Crippen LogP contribution >= 0.6 is 0 Å². The summed E-state index contributed by atoms with van der Waals surface area (Å²) in [5.74, 6) is 1.19. The first-order valence-electron chi connectivity index (χ1n) is 9.30. The molecule has 154 valence electrons. The molecule has 2 aliphatic heterocycles. The van der Waals surface area contributed by atoms with Crippen molar-refractivity contribution in [1.29, 1.82) is 0 Å². The van der Waals surface area contributed by atoms with Crippen molar-refractivity contribution in [2.24, 2.45) is 5.92 Å². The molecule has 1 amide bonds. The number of hydrogen-bond acceptors (Lipinski definition) is 6. The van der Waals surface area contributed by atoms with E-state index in [2.05, 4.69) is 4.72 Å². The van der Waals surface area contributed by atoms with Gasteiger partial charge in [-0.15, -0.1) is 0 Å². The Morgan fingerprint density at radius 1 is 1.25 bits per heavy atom. The number of likely N-dealkylation sites (tertiary alicyclic amines) is 1. The number of nitrogens with one attached hydrogen (secondary N) is 1. The Bertz CT molecular complexity index is 834. The zero-order chi connectivity index (χ0) is 20.1. The van der Waals surface area contributed by atoms with Crippen LogP contribution in [0.3, 0.4) is 0 Å². The lowest BCUT2D eigenvalue weighted by molar-refractivity contribution is -0.134. The average Bonchev–Trinajstić information content (AvgIpc) is 2.72. The zero-order valence-corrected chi connectivity index (χ0v) is 17.0. The van der Waals surface area contributed by atoms with Crippen molar-refractivity contribution in [1.82, 2.24) is 9.62 Å². The lowest BCUT2D eigenvalue weighted by atomic mass is 9.98. The summed E-state index contributed by atoms with van der Waals surface area (Å²) < 4.78 is 43.6. The first kappa shape index (κ1) is 20.5. The molecule has 0 aromatic heterocycles. The van der Waals surface area contributed by atoms with Gasteiger partial charge in [0.05, 0.1) is 12.0 Å². The summed E-state index contributed by atoms with van der Waals surface area (Å²) in [6.45, 7) is 3.89. The van der Waals surface area contributed by atoms with Crippen molar-refractivity contribution in [3.8, 4) is 5.75 Å². The molecule has 1 fully saturated rings. The van der Waals surface area contributed by atoms with Gasteiger partial charge < -0.3 is 19.1 Å². The van der Waals surface area contributed by atoms with Crippen molar-refractivity contribution in [3.05, 3.63) is 35.8 Å². The third-order valence-corrected chi connectivity index (χ3v) is 6.34. The van der Waals surface area contributed by atoms with Crippen molar-refractivity contribution in [3.63, 3.8) is 0 Å². The Kier molecular flexibility index (Phi) is 6.46. The summed E-state index contributed by atoms with van der Waals surface area (Å²) in [7, 11) is -2.09. The maximum absolute atomic E-state index is 12.7. The molecule has 2 heterocycles. The second-order valence-corrected chi connectivity index (χ2v) is 8.64. The number of carbonyl (C=O) groups excluding carboxylic acids is 1. The van der Waals surface area contributed by atoms with E-state index in [0.29, 0.717) is 37.8 Å². The van der Waals surface area contributed by atoms with Crippen LogP contribution < -0.4 is 9.46 Å². The van der Waals surface area contributed by atoms with Gasteiger partial charge in [0.1, 0.15) is 24.7 Å². The first-order chi connectivity index (χ1) is 13.4. The van der Waals surface area contributed by atoms with Gasteiger partial charge >= 0.3 is 0 Å². The highest BCUT2D eigenvalue weighted by Gasteiger charge is 2.30. The average molecular weight is 410 g/mol. The van der Waals surface area contributed by atoms with Gasteiger partial charge in [0, 0.05) is 19.6 Å². The monoisotopic (exact) mass is 410 g/mol. The fraction of sp³-hybridized carbons (Fsp3) is 0.526. The van der Waals surface area contributed by atoms with E-state index in [1.807, 2.05) is 0 Å². The molecule has 0 spiro atoms. The summed E-state index contributed by atoms with van der Waals surface area (Å²) in [5, 5.41) is 0. The quantitative estimate of drug-likeness (QED) is 0.764. The van der Waals surface area contributed by atoms with Crippen LogP contribution in [0.2, 0.25) is 0 Å². The molecule has 0 saturated carbocycles. The number of nitrogens with zero attached hydrogens (tertiary/aromatic N) is 1. The molecule has 1 atom stereocenters. The number of piperidine rings is 1. The molecule has 1 N–H and O–H groups in total. The van der Waals surface area contributed by atoms with Gasteiger partial charge in [-0.25, -0.2) is 13.1 Å². The Labute approximate surface area is 165 Å². The van der Waals surface area contributed by atoms with Gasteiger partial charge in [0.2, 0.25) is 15.8 Å². The van der Waals surface area contributed by atoms with Gasteiger partial charge in [-0.1, -0.05) is 0 Å². The van der Waals surface area contributed by atoms with Crippen LogP contribution in [0.5, 0.6) is 5.75 Å². The predicted octanol–water partition coefficient (Wildman–Crippen LogP) is 1.49. The summed E-state index contributed by atoms with van der Waals surface area (Å²) >= 11 is 0. The summed E-state index contributed by atoms with van der Waals surface area (Å²) in [6, 6.07) is 6.23. The minimum absolute atomic E-state index is 0.0381. The van der Waals surface area contributed by atoms with Crippen LogP contribution in [-0.4, -0.2) is 59.2 Å². The number of ether oxygens (including phenoxy) is 3. The molecule has 0 aliphatic carbocycles. The Morgan fingerprint density at radius 3 is 2.64 bits per heavy atom. The SMILES string of the molecule is COc1ccc(S(=O)(=O)NCC2CCCN(C(=O)C3=C(C)OCCO3)C2)cc1. The number of hydrogen-bond donors (Lipinski definition) is 1. The van der Waals surface area contributed by atoms with Gasteiger partial charge in [-0.05, 0) is 49.9 Å². The molecule has 3 rings (SSSR count). The highest BCUT2D eigenvalue weighted by molar-refractivity contribution is 7.89. The highest BCUT2D eigenvalue weighted by atomic mass is 32.2. The Morgan fingerprint density at radius 2 is 1.96 bits per heavy atom. The van der Waals surface area contributed by atoms with Crippen LogP contribution in [0.15, 0.2) is 40.7 Å². The molecule has 1 aromatic carbocycles. The van der Waals surface area contributed by atoms with Crippen molar-refractivity contribution in [2.75, 3.05) is 40.0 Å². The number of carbonyl (C=O) groups is 1. The molecule has 1 aromatic rings. The molecule has 0 bridgehead atoms. The molecular weight excluding hydrogens is 384 g/mol. The van der Waals surface area contributed by atoms with E-state index in [-0.39, 0.29) is 29.0 Å². The largest absolute Gasteiger partial charge is 0.497 e. The lowest BCUT2D eigenvalue weighted by Gasteiger charge is -2.34. The van der Waals surface area contributed by atoms with E-state index in [4.69, 9.17) is 14.2 Å². The molecule has 9 heteroatoms. The van der Waals surface area contributed by atoms with E-state index in [1.54, 1.807) is 24.0 Å². The maximum atomic E-state index is 12.7. The van der Waals surface area contributed by atoms with Crippen molar-refractivity contribution in [2.45, 2.75) is 24.7 Å². The number of allylic oxidation sites excluding steroid dienone is 1. The number of sulfonamides is 1. The van der Waals surface area contributed by atoms with Crippen molar-refractivity contribution >= 4 is 15.9 Å². The van der Waals surface area contributed by atoms with E-state index < -0.39 is 10.0 Å². The van der Waals surface area contributed by atoms with Gasteiger partial charge in [0.25, 0.3) is 5.91 Å². The molecular formula is C19H26N2O6S. The Hall–Kier alpha value is -2.26. The maximum Gasteiger partial charge on any atom is 0.292 e. The highest BCUT2D eigenvalue weighted by Crippen LogP contribution is 2.22. The molecule has 0 radical (unpaired) electrons. The number of benzene rings is 1. The topological polar surface area (TPSA) is 94.2 Å². The summed E-state index contributed by atoms with van der Waals surface area (Å²) in [4.78, 5) is 14.6. The normalized spacial score (nSPS) is 20.4. The number of amides is 1. The Balaban J connectivity index is 1.59. The van der Waals surface area contributed by atoms with Gasteiger partial charge in [0.15, 0.2) is 0 Å². The van der Waals surface area contributed by atoms with Crippen LogP contribution in [0, 0.1) is 5.92 Å². The molecule has 28 heavy (non-hydrogen) atoms. The van der Waals surface area contributed by atoms with Gasteiger partial charge in [-0.3, -0.25) is 4.79 Å². The molecule has 1 unspecified atom stereocenters. The molecule has 2 aliphatic rings. The van der Waals surface area contributed by atoms with Crippen LogP contribution in [0.1, 0.15) is 19.8 Å². The van der Waals surface area contributed by atoms with E-state index in [0.717, 1.165) is 12.8 Å². The van der Waals surface area contributed by atoms with Crippen LogP contribution in [0.4, 0.5) is 0 Å². The number of rotatable bonds is 6. The minimum atomic E-state index is -3.61. The minimum Gasteiger partial charge on any atom is -0.497 e. The molecule has 8 nitrogen and oxygen atoms in total. The third kappa shape index (κ3) is 4.77. The fourth-order valence-electron chi connectivity index (χ4n) is 3.34. The zero-order valence-electron chi connectivity index (χ0n) is 16.1. The van der Waals surface area contributed by atoms with E-state index >= 15 is 0 Å². The van der Waals surface area contributed by atoms with E-state index in [1.165, 1.54) is 19.2 Å². The standard InChI is InChI=1S/C19H26N2O6S/c1-14-18(27-11-10-26-14)19(22)21-9-3-4-15(13-21)12-20-28(23,24)17-7-5-16(25-2)6-8-17/h5-8,15,20H,3-4,9-13H2,1-2H3. The third-order valence-electron chi connectivity index (χ3n) is 4.90.